The molecule has 0 fully saturated rings. The van der Waals surface area contributed by atoms with Gasteiger partial charge in [0.1, 0.15) is 12.4 Å². The van der Waals surface area contributed by atoms with E-state index in [-0.39, 0.29) is 63.2 Å². The first kappa shape index (κ1) is 19.8. The third-order valence-corrected chi connectivity index (χ3v) is 3.86. The summed E-state index contributed by atoms with van der Waals surface area (Å²) >= 11 is 5.77. The standard InChI is InChI=1S/C20H15ClFO.Rb/c1-14-5-7-15(8-6-14)13-23-17-11-9-16(10-12-17)18-3-2-4-19(21)20(18)22;/h2-3,5-12H,13H2,1H3;/q-1;+1. The summed E-state index contributed by atoms with van der Waals surface area (Å²) in [4.78, 5) is 0. The van der Waals surface area contributed by atoms with Crippen LogP contribution in [0.2, 0.25) is 5.02 Å². The normalized spacial score (nSPS) is 10.1. The zero-order chi connectivity index (χ0) is 16.2. The quantitative estimate of drug-likeness (QED) is 0.601. The van der Waals surface area contributed by atoms with Crippen molar-refractivity contribution in [3.63, 3.8) is 0 Å². The van der Waals surface area contributed by atoms with Crippen molar-refractivity contribution in [1.29, 1.82) is 0 Å². The molecule has 0 atom stereocenters. The van der Waals surface area contributed by atoms with Gasteiger partial charge in [-0.1, -0.05) is 47.5 Å². The number of hydrogen-bond acceptors (Lipinski definition) is 1. The van der Waals surface area contributed by atoms with E-state index in [0.717, 1.165) is 16.9 Å². The van der Waals surface area contributed by atoms with Crippen LogP contribution in [-0.4, -0.2) is 0 Å². The van der Waals surface area contributed by atoms with E-state index in [0.29, 0.717) is 12.2 Å². The number of ether oxygens (including phenoxy) is 1. The maximum absolute atomic E-state index is 14.0. The van der Waals surface area contributed by atoms with Crippen LogP contribution in [0.5, 0.6) is 5.75 Å². The molecule has 3 aromatic carbocycles. The number of hydrogen-bond donors (Lipinski definition) is 0. The van der Waals surface area contributed by atoms with E-state index in [9.17, 15) is 4.39 Å². The van der Waals surface area contributed by atoms with E-state index in [2.05, 4.69) is 25.1 Å². The predicted octanol–water partition coefficient (Wildman–Crippen LogP) is 2.84. The van der Waals surface area contributed by atoms with Crippen molar-refractivity contribution >= 4 is 11.6 Å². The molecule has 24 heavy (non-hydrogen) atoms. The molecule has 0 radical (unpaired) electrons. The van der Waals surface area contributed by atoms with Crippen molar-refractivity contribution < 1.29 is 67.3 Å². The van der Waals surface area contributed by atoms with Gasteiger partial charge in [-0.25, -0.2) is 0 Å². The predicted molar refractivity (Wildman–Crippen MR) is 91.2 cm³/mol. The Hall–Kier alpha value is -0.515. The Labute approximate surface area is 195 Å². The van der Waals surface area contributed by atoms with Gasteiger partial charge in [0.05, 0.1) is 0 Å². The molecule has 3 rings (SSSR count). The maximum atomic E-state index is 14.0. The van der Waals surface area contributed by atoms with Gasteiger partial charge in [-0.15, -0.1) is 11.6 Å². The average Bonchev–Trinajstić information content (AvgIpc) is 2.57. The van der Waals surface area contributed by atoms with E-state index < -0.39 is 5.82 Å². The molecule has 0 aliphatic rings. The van der Waals surface area contributed by atoms with Crippen LogP contribution in [0.4, 0.5) is 4.39 Å². The number of rotatable bonds is 4. The number of aryl methyl sites for hydroxylation is 1. The van der Waals surface area contributed by atoms with E-state index >= 15 is 0 Å². The molecule has 0 N–H and O–H groups in total. The molecule has 116 valence electrons. The molecule has 0 bridgehead atoms. The molecular weight excluding hydrogens is 396 g/mol. The Bertz CT molecular complexity index is 801. The minimum atomic E-state index is -0.456. The molecule has 3 aromatic rings. The molecule has 0 unspecified atom stereocenters. The summed E-state index contributed by atoms with van der Waals surface area (Å²) in [5.74, 6) is 0.283. The summed E-state index contributed by atoms with van der Waals surface area (Å²) in [6.45, 7) is 2.55. The van der Waals surface area contributed by atoms with Gasteiger partial charge in [0.15, 0.2) is 0 Å². The second-order valence-electron chi connectivity index (χ2n) is 5.32. The second-order valence-corrected chi connectivity index (χ2v) is 5.70. The van der Waals surface area contributed by atoms with Crippen molar-refractivity contribution in [2.45, 2.75) is 13.5 Å². The zero-order valence-corrected chi connectivity index (χ0v) is 19.3. The van der Waals surface area contributed by atoms with Crippen molar-refractivity contribution in [3.8, 4) is 16.9 Å². The molecule has 1 nitrogen and oxygen atoms in total. The van der Waals surface area contributed by atoms with E-state index in [1.165, 1.54) is 5.56 Å². The van der Waals surface area contributed by atoms with Crippen LogP contribution in [0.15, 0.2) is 60.7 Å². The van der Waals surface area contributed by atoms with E-state index in [1.807, 2.05) is 36.4 Å². The summed E-state index contributed by atoms with van der Waals surface area (Å²) in [7, 11) is 0. The van der Waals surface area contributed by atoms with Gasteiger partial charge in [-0.3, -0.25) is 4.39 Å². The van der Waals surface area contributed by atoms with E-state index in [4.69, 9.17) is 16.3 Å². The summed E-state index contributed by atoms with van der Waals surface area (Å²) < 4.78 is 19.7. The minimum Gasteiger partial charge on any atom is -0.489 e. The second kappa shape index (κ2) is 9.26. The van der Waals surface area contributed by atoms with Crippen LogP contribution in [0.1, 0.15) is 11.1 Å². The summed E-state index contributed by atoms with van der Waals surface area (Å²) in [6, 6.07) is 21.4. The fraction of sp³-hybridized carbons (Fsp3) is 0.100. The zero-order valence-electron chi connectivity index (χ0n) is 13.6. The largest absolute Gasteiger partial charge is 1.00 e. The Morgan fingerprint density at radius 1 is 1.00 bits per heavy atom. The van der Waals surface area contributed by atoms with Crippen LogP contribution < -0.4 is 62.9 Å². The topological polar surface area (TPSA) is 9.23 Å². The van der Waals surface area contributed by atoms with Crippen LogP contribution in [-0.2, 0) is 6.61 Å². The monoisotopic (exact) mass is 410 g/mol. The third kappa shape index (κ3) is 5.00. The van der Waals surface area contributed by atoms with Gasteiger partial charge < -0.3 is 4.74 Å². The van der Waals surface area contributed by atoms with Crippen LogP contribution in [0.25, 0.3) is 11.1 Å². The first-order valence-corrected chi connectivity index (χ1v) is 7.66. The Balaban J connectivity index is 0.00000208. The Morgan fingerprint density at radius 3 is 2.33 bits per heavy atom. The van der Waals surface area contributed by atoms with Gasteiger partial charge in [0.2, 0.25) is 0 Å². The summed E-state index contributed by atoms with van der Waals surface area (Å²) in [5.41, 5.74) is 3.54. The minimum absolute atomic E-state index is 0. The molecule has 0 saturated heterocycles. The van der Waals surface area contributed by atoms with E-state index in [1.54, 1.807) is 12.1 Å². The van der Waals surface area contributed by atoms with Crippen molar-refractivity contribution in [2.75, 3.05) is 0 Å². The molecular formula is C20H15ClFORb. The van der Waals surface area contributed by atoms with Crippen molar-refractivity contribution in [3.05, 3.63) is 88.7 Å². The average molecular weight is 411 g/mol. The van der Waals surface area contributed by atoms with Crippen LogP contribution in [0, 0.1) is 18.8 Å². The van der Waals surface area contributed by atoms with Gasteiger partial charge in [-0.2, -0.15) is 18.2 Å². The smallest absolute Gasteiger partial charge is 0.489 e. The number of benzene rings is 3. The van der Waals surface area contributed by atoms with Crippen LogP contribution >= 0.6 is 11.6 Å². The van der Waals surface area contributed by atoms with Crippen molar-refractivity contribution in [1.82, 2.24) is 0 Å². The van der Waals surface area contributed by atoms with Crippen molar-refractivity contribution in [2.24, 2.45) is 0 Å². The first-order chi connectivity index (χ1) is 11.1. The van der Waals surface area contributed by atoms with Crippen LogP contribution in [0.3, 0.4) is 0 Å². The molecule has 0 amide bonds. The summed E-state index contributed by atoms with van der Waals surface area (Å²) in [6.07, 6.45) is 0. The third-order valence-electron chi connectivity index (χ3n) is 3.58. The van der Waals surface area contributed by atoms with Gasteiger partial charge in [-0.05, 0) is 35.2 Å². The molecule has 4 heteroatoms. The molecule has 0 aliphatic carbocycles. The first-order valence-electron chi connectivity index (χ1n) is 7.28. The van der Waals surface area contributed by atoms with Gasteiger partial charge in [0, 0.05) is 5.82 Å². The fourth-order valence-corrected chi connectivity index (χ4v) is 2.42. The van der Waals surface area contributed by atoms with Gasteiger partial charge in [0.25, 0.3) is 0 Å². The SMILES string of the molecule is Cc1ccc(COc2ccc(-c3cc[c-]c(Cl)c3F)cc2)cc1.[Rb+]. The molecule has 0 heterocycles. The molecule has 0 aliphatic heterocycles. The number of halogens is 2. The van der Waals surface area contributed by atoms with Gasteiger partial charge >= 0.3 is 58.2 Å². The molecule has 0 saturated carbocycles. The fourth-order valence-electron chi connectivity index (χ4n) is 2.26. The Morgan fingerprint density at radius 2 is 1.67 bits per heavy atom. The Kier molecular flexibility index (Phi) is 7.64. The summed E-state index contributed by atoms with van der Waals surface area (Å²) in [5, 5.41) is 0.00203. The molecule has 0 spiro atoms. The molecule has 0 aromatic heterocycles. The maximum Gasteiger partial charge on any atom is 1.00 e.